The number of nitrogens with one attached hydrogen (secondary N) is 1. The van der Waals surface area contributed by atoms with Gasteiger partial charge in [0.25, 0.3) is 0 Å². The fourth-order valence-corrected chi connectivity index (χ4v) is 3.76. The Kier molecular flexibility index (Phi) is 5.01. The Bertz CT molecular complexity index is 361. The van der Waals surface area contributed by atoms with E-state index in [1.807, 2.05) is 0 Å². The summed E-state index contributed by atoms with van der Waals surface area (Å²) >= 11 is 0. The van der Waals surface area contributed by atoms with E-state index < -0.39 is 0 Å². The third-order valence-corrected chi connectivity index (χ3v) is 4.95. The molecule has 5 heteroatoms. The van der Waals surface area contributed by atoms with Crippen molar-refractivity contribution in [1.29, 1.82) is 0 Å². The summed E-state index contributed by atoms with van der Waals surface area (Å²) in [6.07, 6.45) is 12.2. The van der Waals surface area contributed by atoms with Crippen molar-refractivity contribution >= 4 is 5.96 Å². The Morgan fingerprint density at radius 1 is 1.10 bits per heavy atom. The number of aliphatic imine (C=N–C) groups is 1. The molecule has 1 atom stereocenters. The van der Waals surface area contributed by atoms with Gasteiger partial charge in [-0.15, -0.1) is 0 Å². The Hall–Kier alpha value is -0.810. The van der Waals surface area contributed by atoms with Gasteiger partial charge < -0.3 is 20.5 Å². The quantitative estimate of drug-likeness (QED) is 0.619. The first-order valence-corrected chi connectivity index (χ1v) is 8.64. The van der Waals surface area contributed by atoms with E-state index in [1.165, 1.54) is 51.4 Å². The highest BCUT2D eigenvalue weighted by atomic mass is 16.7. The summed E-state index contributed by atoms with van der Waals surface area (Å²) in [5.41, 5.74) is 6.00. The molecule has 2 aliphatic carbocycles. The predicted octanol–water partition coefficient (Wildman–Crippen LogP) is 2.30. The third kappa shape index (κ3) is 4.10. The van der Waals surface area contributed by atoms with Gasteiger partial charge in [-0.25, -0.2) is 0 Å². The molecule has 3 rings (SSSR count). The number of nitrogens with two attached hydrogens (primary N) is 1. The summed E-state index contributed by atoms with van der Waals surface area (Å²) in [4.78, 5) is 4.46. The molecule has 0 amide bonds. The smallest absolute Gasteiger partial charge is 0.188 e. The van der Waals surface area contributed by atoms with Crippen LogP contribution in [0.1, 0.15) is 64.2 Å². The molecule has 3 fully saturated rings. The molecule has 120 valence electrons. The normalized spacial score (nSPS) is 30.7. The van der Waals surface area contributed by atoms with Crippen molar-refractivity contribution < 1.29 is 9.47 Å². The number of rotatable bonds is 3. The Morgan fingerprint density at radius 2 is 1.81 bits per heavy atom. The van der Waals surface area contributed by atoms with E-state index in [2.05, 4.69) is 10.3 Å². The van der Waals surface area contributed by atoms with E-state index in [-0.39, 0.29) is 11.9 Å². The van der Waals surface area contributed by atoms with Crippen molar-refractivity contribution in [2.75, 3.05) is 13.2 Å². The fraction of sp³-hybridized carbons (Fsp3) is 0.938. The van der Waals surface area contributed by atoms with Crippen molar-refractivity contribution in [2.24, 2.45) is 10.7 Å². The maximum absolute atomic E-state index is 6.12. The van der Waals surface area contributed by atoms with Crippen LogP contribution in [0.15, 0.2) is 4.99 Å². The number of hydrogen-bond donors (Lipinski definition) is 2. The monoisotopic (exact) mass is 295 g/mol. The summed E-state index contributed by atoms with van der Waals surface area (Å²) in [7, 11) is 0. The van der Waals surface area contributed by atoms with E-state index in [0.29, 0.717) is 25.2 Å². The Labute approximate surface area is 127 Å². The summed E-state index contributed by atoms with van der Waals surface area (Å²) < 4.78 is 12.0. The van der Waals surface area contributed by atoms with Gasteiger partial charge in [0.2, 0.25) is 0 Å². The molecule has 5 nitrogen and oxygen atoms in total. The highest BCUT2D eigenvalue weighted by Gasteiger charge is 2.42. The van der Waals surface area contributed by atoms with E-state index in [9.17, 15) is 0 Å². The Morgan fingerprint density at radius 3 is 2.57 bits per heavy atom. The van der Waals surface area contributed by atoms with Crippen LogP contribution < -0.4 is 11.1 Å². The number of nitrogens with zero attached hydrogens (tertiary/aromatic N) is 1. The molecule has 0 bridgehead atoms. The van der Waals surface area contributed by atoms with E-state index in [4.69, 9.17) is 15.2 Å². The molecule has 1 aliphatic heterocycles. The van der Waals surface area contributed by atoms with Gasteiger partial charge in [-0.1, -0.05) is 25.7 Å². The zero-order chi connectivity index (χ0) is 14.5. The van der Waals surface area contributed by atoms with Gasteiger partial charge in [-0.05, 0) is 25.7 Å². The lowest BCUT2D eigenvalue weighted by molar-refractivity contribution is -0.186. The summed E-state index contributed by atoms with van der Waals surface area (Å²) in [5.74, 6) is 0.263. The summed E-state index contributed by atoms with van der Waals surface area (Å²) in [5, 5.41) is 3.35. The second kappa shape index (κ2) is 6.97. The third-order valence-electron chi connectivity index (χ3n) is 4.95. The minimum atomic E-state index is -0.302. The molecule has 0 radical (unpaired) electrons. The maximum atomic E-state index is 6.12. The topological polar surface area (TPSA) is 68.9 Å². The zero-order valence-corrected chi connectivity index (χ0v) is 13.0. The van der Waals surface area contributed by atoms with Crippen LogP contribution in [0.3, 0.4) is 0 Å². The van der Waals surface area contributed by atoms with E-state index in [0.717, 1.165) is 12.8 Å². The molecule has 3 N–H and O–H groups in total. The molecule has 1 saturated heterocycles. The van der Waals surface area contributed by atoms with Crippen molar-refractivity contribution in [3.63, 3.8) is 0 Å². The average Bonchev–Trinajstić information content (AvgIpc) is 2.90. The van der Waals surface area contributed by atoms with Crippen LogP contribution in [-0.4, -0.2) is 37.0 Å². The SMILES string of the molecule is NC(=NCC1COC2(CCCCC2)O1)NC1CCCCC1. The number of hydrogen-bond acceptors (Lipinski definition) is 3. The lowest BCUT2D eigenvalue weighted by Gasteiger charge is -2.31. The van der Waals surface area contributed by atoms with Crippen LogP contribution in [0.25, 0.3) is 0 Å². The molecule has 2 saturated carbocycles. The first kappa shape index (κ1) is 15.1. The number of guanidine groups is 1. The molecule has 0 aromatic heterocycles. The fourth-order valence-electron chi connectivity index (χ4n) is 3.76. The van der Waals surface area contributed by atoms with Gasteiger partial charge in [0.15, 0.2) is 11.7 Å². The van der Waals surface area contributed by atoms with Crippen LogP contribution in [-0.2, 0) is 9.47 Å². The molecule has 1 heterocycles. The standard InChI is InChI=1S/C16H29N3O2/c17-15(19-13-7-3-1-4-8-13)18-11-14-12-20-16(21-14)9-5-2-6-10-16/h13-14H,1-12H2,(H3,17,18,19). The highest BCUT2D eigenvalue weighted by molar-refractivity contribution is 5.78. The van der Waals surface area contributed by atoms with Crippen molar-refractivity contribution in [3.8, 4) is 0 Å². The zero-order valence-electron chi connectivity index (χ0n) is 13.0. The minimum absolute atomic E-state index is 0.0646. The lowest BCUT2D eigenvalue weighted by atomic mass is 9.94. The van der Waals surface area contributed by atoms with Crippen LogP contribution in [0, 0.1) is 0 Å². The lowest BCUT2D eigenvalue weighted by Crippen LogP contribution is -2.41. The van der Waals surface area contributed by atoms with Crippen LogP contribution >= 0.6 is 0 Å². The van der Waals surface area contributed by atoms with Crippen LogP contribution in [0.2, 0.25) is 0 Å². The van der Waals surface area contributed by atoms with Gasteiger partial charge in [-0.3, -0.25) is 4.99 Å². The molecule has 3 aliphatic rings. The molecule has 1 spiro atoms. The highest BCUT2D eigenvalue weighted by Crippen LogP contribution is 2.37. The molecular formula is C16H29N3O2. The predicted molar refractivity (Wildman–Crippen MR) is 83.1 cm³/mol. The summed E-state index contributed by atoms with van der Waals surface area (Å²) in [6, 6.07) is 0.507. The largest absolute Gasteiger partial charge is 0.370 e. The van der Waals surface area contributed by atoms with E-state index in [1.54, 1.807) is 0 Å². The van der Waals surface area contributed by atoms with Gasteiger partial charge in [0.1, 0.15) is 6.10 Å². The number of ether oxygens (including phenoxy) is 2. The first-order chi connectivity index (χ1) is 10.3. The van der Waals surface area contributed by atoms with Crippen molar-refractivity contribution in [3.05, 3.63) is 0 Å². The van der Waals surface area contributed by atoms with E-state index >= 15 is 0 Å². The van der Waals surface area contributed by atoms with Gasteiger partial charge in [0, 0.05) is 18.9 Å². The molecule has 0 aromatic carbocycles. The molecule has 1 unspecified atom stereocenters. The Balaban J connectivity index is 1.43. The average molecular weight is 295 g/mol. The van der Waals surface area contributed by atoms with Gasteiger partial charge in [-0.2, -0.15) is 0 Å². The second-order valence-electron chi connectivity index (χ2n) is 6.73. The van der Waals surface area contributed by atoms with Gasteiger partial charge >= 0.3 is 0 Å². The van der Waals surface area contributed by atoms with Crippen molar-refractivity contribution in [1.82, 2.24) is 5.32 Å². The maximum Gasteiger partial charge on any atom is 0.188 e. The van der Waals surface area contributed by atoms with Crippen LogP contribution in [0.5, 0.6) is 0 Å². The molecule has 0 aromatic rings. The first-order valence-electron chi connectivity index (χ1n) is 8.64. The molecular weight excluding hydrogens is 266 g/mol. The molecule has 21 heavy (non-hydrogen) atoms. The second-order valence-corrected chi connectivity index (χ2v) is 6.73. The summed E-state index contributed by atoms with van der Waals surface area (Å²) in [6.45, 7) is 1.26. The van der Waals surface area contributed by atoms with Gasteiger partial charge in [0.05, 0.1) is 13.2 Å². The van der Waals surface area contributed by atoms with Crippen LogP contribution in [0.4, 0.5) is 0 Å². The minimum Gasteiger partial charge on any atom is -0.370 e. The van der Waals surface area contributed by atoms with Crippen molar-refractivity contribution in [2.45, 2.75) is 82.1 Å².